The van der Waals surface area contributed by atoms with Crippen LogP contribution >= 0.6 is 0 Å². The SMILES string of the molecule is COc1cc(C=CC(=O)OCC[N+](C)(C)C)cc(OC)c1O.O=C(O)/C=C/c1ccccc1O. The van der Waals surface area contributed by atoms with E-state index >= 15 is 0 Å². The van der Waals surface area contributed by atoms with E-state index in [1.807, 2.05) is 21.1 Å². The first kappa shape index (κ1) is 28.1. The number of aromatic hydroxyl groups is 2. The van der Waals surface area contributed by atoms with E-state index < -0.39 is 11.9 Å². The van der Waals surface area contributed by atoms with Crippen molar-refractivity contribution in [2.24, 2.45) is 0 Å². The van der Waals surface area contributed by atoms with Crippen molar-refractivity contribution in [2.45, 2.75) is 0 Å². The highest BCUT2D eigenvalue weighted by Crippen LogP contribution is 2.37. The summed E-state index contributed by atoms with van der Waals surface area (Å²) in [6.45, 7) is 1.09. The second-order valence-electron chi connectivity index (χ2n) is 8.02. The summed E-state index contributed by atoms with van der Waals surface area (Å²) in [4.78, 5) is 21.8. The lowest BCUT2D eigenvalue weighted by Gasteiger charge is -2.23. The molecule has 0 saturated carbocycles. The predicted octanol–water partition coefficient (Wildman–Crippen LogP) is 3.16. The number of hydrogen-bond acceptors (Lipinski definition) is 7. The summed E-state index contributed by atoms with van der Waals surface area (Å²) in [6, 6.07) is 9.74. The highest BCUT2D eigenvalue weighted by Gasteiger charge is 2.11. The zero-order chi connectivity index (χ0) is 25.7. The van der Waals surface area contributed by atoms with Crippen molar-refractivity contribution in [1.82, 2.24) is 0 Å². The maximum atomic E-state index is 11.7. The Morgan fingerprint density at radius 1 is 0.941 bits per heavy atom. The maximum absolute atomic E-state index is 11.7. The van der Waals surface area contributed by atoms with Crippen LogP contribution in [0, 0.1) is 0 Å². The molecule has 2 aromatic carbocycles. The van der Waals surface area contributed by atoms with Gasteiger partial charge in [-0.15, -0.1) is 0 Å². The fourth-order valence-corrected chi connectivity index (χ4v) is 2.43. The molecule has 0 amide bonds. The molecule has 0 heterocycles. The van der Waals surface area contributed by atoms with Crippen LogP contribution < -0.4 is 9.47 Å². The molecule has 0 aliphatic rings. The molecular weight excluding hydrogens is 442 g/mol. The number of nitrogens with zero attached hydrogens (tertiary/aromatic N) is 1. The van der Waals surface area contributed by atoms with Crippen LogP contribution in [0.15, 0.2) is 48.6 Å². The van der Waals surface area contributed by atoms with E-state index in [0.29, 0.717) is 17.7 Å². The minimum absolute atomic E-state index is 0.0762. The molecule has 0 aromatic heterocycles. The smallest absolute Gasteiger partial charge is 0.330 e. The van der Waals surface area contributed by atoms with E-state index in [2.05, 4.69) is 0 Å². The summed E-state index contributed by atoms with van der Waals surface area (Å²) in [5, 5.41) is 27.3. The molecule has 0 spiro atoms. The van der Waals surface area contributed by atoms with Gasteiger partial charge in [0.05, 0.1) is 35.4 Å². The van der Waals surface area contributed by atoms with Gasteiger partial charge in [0, 0.05) is 17.7 Å². The predicted molar refractivity (Wildman–Crippen MR) is 129 cm³/mol. The van der Waals surface area contributed by atoms with Gasteiger partial charge in [-0.05, 0) is 35.9 Å². The lowest BCUT2D eigenvalue weighted by atomic mass is 10.1. The third kappa shape index (κ3) is 10.6. The number of hydrogen-bond donors (Lipinski definition) is 3. The van der Waals surface area contributed by atoms with E-state index in [9.17, 15) is 19.8 Å². The number of phenolic OH excluding ortho intramolecular Hbond substituents is 2. The van der Waals surface area contributed by atoms with Crippen molar-refractivity contribution in [2.75, 3.05) is 48.5 Å². The molecule has 0 unspecified atom stereocenters. The van der Waals surface area contributed by atoms with Gasteiger partial charge >= 0.3 is 11.9 Å². The number of para-hydroxylation sites is 1. The lowest BCUT2D eigenvalue weighted by molar-refractivity contribution is -0.870. The van der Waals surface area contributed by atoms with Gasteiger partial charge in [-0.1, -0.05) is 18.2 Å². The molecular formula is C25H32NO8+. The molecule has 0 atom stereocenters. The van der Waals surface area contributed by atoms with E-state index in [0.717, 1.165) is 17.1 Å². The van der Waals surface area contributed by atoms with Crippen molar-refractivity contribution in [1.29, 1.82) is 0 Å². The van der Waals surface area contributed by atoms with Crippen molar-refractivity contribution < 1.29 is 43.6 Å². The molecule has 0 aliphatic heterocycles. The molecule has 9 nitrogen and oxygen atoms in total. The Morgan fingerprint density at radius 3 is 2.03 bits per heavy atom. The molecule has 2 rings (SSSR count). The molecule has 0 bridgehead atoms. The normalized spacial score (nSPS) is 11.1. The number of benzene rings is 2. The van der Waals surface area contributed by atoms with Crippen LogP contribution in [-0.4, -0.2) is 80.3 Å². The third-order valence-corrected chi connectivity index (χ3v) is 4.26. The molecule has 3 N–H and O–H groups in total. The first-order valence-corrected chi connectivity index (χ1v) is 10.3. The van der Waals surface area contributed by atoms with Gasteiger partial charge in [-0.25, -0.2) is 9.59 Å². The summed E-state index contributed by atoms with van der Waals surface area (Å²) < 4.78 is 16.0. The first-order valence-electron chi connectivity index (χ1n) is 10.3. The van der Waals surface area contributed by atoms with Crippen LogP contribution in [0.4, 0.5) is 0 Å². The van der Waals surface area contributed by atoms with Gasteiger partial charge < -0.3 is 34.0 Å². The van der Waals surface area contributed by atoms with Gasteiger partial charge in [0.15, 0.2) is 11.5 Å². The van der Waals surface area contributed by atoms with Crippen molar-refractivity contribution in [3.05, 3.63) is 59.7 Å². The van der Waals surface area contributed by atoms with Crippen LogP contribution in [0.1, 0.15) is 11.1 Å². The highest BCUT2D eigenvalue weighted by atomic mass is 16.5. The maximum Gasteiger partial charge on any atom is 0.330 e. The van der Waals surface area contributed by atoms with Crippen LogP contribution in [0.2, 0.25) is 0 Å². The fourth-order valence-electron chi connectivity index (χ4n) is 2.43. The number of methoxy groups -OCH3 is 2. The molecule has 9 heteroatoms. The average molecular weight is 475 g/mol. The number of esters is 1. The quantitative estimate of drug-likeness (QED) is 0.288. The number of carbonyl (C=O) groups is 2. The molecule has 34 heavy (non-hydrogen) atoms. The molecule has 0 aliphatic carbocycles. The standard InChI is InChI=1S/C16H23NO5.C9H8O3/c1-17(2,3)8-9-22-15(18)7-6-12-10-13(20-4)16(19)14(11-12)21-5;10-8-4-2-1-3-7(8)5-6-9(11)12/h6-7,10-11H,8-9H2,1-5H3;1-6,10H,(H,11,12)/p+1/b;6-5+. The average Bonchev–Trinajstić information content (AvgIpc) is 2.77. The summed E-state index contributed by atoms with van der Waals surface area (Å²) in [5.41, 5.74) is 1.16. The Morgan fingerprint density at radius 2 is 1.53 bits per heavy atom. The Bertz CT molecular complexity index is 997. The van der Waals surface area contributed by atoms with Crippen LogP contribution in [0.5, 0.6) is 23.0 Å². The number of quaternary nitrogens is 1. The lowest BCUT2D eigenvalue weighted by Crippen LogP contribution is -2.37. The number of rotatable bonds is 9. The number of phenols is 2. The summed E-state index contributed by atoms with van der Waals surface area (Å²) >= 11 is 0. The van der Waals surface area contributed by atoms with Crippen molar-refractivity contribution in [3.8, 4) is 23.0 Å². The number of carboxylic acids is 1. The summed E-state index contributed by atoms with van der Waals surface area (Å²) in [7, 11) is 8.97. The minimum atomic E-state index is -1.03. The number of ether oxygens (including phenoxy) is 3. The van der Waals surface area contributed by atoms with E-state index in [1.54, 1.807) is 36.4 Å². The highest BCUT2D eigenvalue weighted by molar-refractivity contribution is 5.87. The second kappa shape index (κ2) is 13.5. The second-order valence-corrected chi connectivity index (χ2v) is 8.02. The number of carbonyl (C=O) groups excluding carboxylic acids is 1. The molecule has 2 aromatic rings. The molecule has 0 radical (unpaired) electrons. The Labute approximate surface area is 199 Å². The van der Waals surface area contributed by atoms with E-state index in [1.165, 1.54) is 32.4 Å². The van der Waals surface area contributed by atoms with E-state index in [4.69, 9.17) is 19.3 Å². The summed E-state index contributed by atoms with van der Waals surface area (Å²) in [6.07, 6.45) is 5.24. The Hall–Kier alpha value is -3.98. The van der Waals surface area contributed by atoms with Gasteiger partial charge in [-0.3, -0.25) is 0 Å². The van der Waals surface area contributed by atoms with Gasteiger partial charge in [-0.2, -0.15) is 0 Å². The van der Waals surface area contributed by atoms with Crippen LogP contribution in [0.3, 0.4) is 0 Å². The third-order valence-electron chi connectivity index (χ3n) is 4.26. The van der Waals surface area contributed by atoms with Gasteiger partial charge in [0.2, 0.25) is 5.75 Å². The van der Waals surface area contributed by atoms with Crippen molar-refractivity contribution >= 4 is 24.1 Å². The number of likely N-dealkylation sites (N-methyl/N-ethyl adjacent to an activating group) is 1. The molecule has 0 fully saturated rings. The molecule has 0 saturated heterocycles. The monoisotopic (exact) mass is 474 g/mol. The molecule has 184 valence electrons. The first-order chi connectivity index (χ1) is 16.0. The van der Waals surface area contributed by atoms with Crippen molar-refractivity contribution in [3.63, 3.8) is 0 Å². The Kier molecular flexibility index (Phi) is 11.2. The fraction of sp³-hybridized carbons (Fsp3) is 0.280. The van der Waals surface area contributed by atoms with Crippen LogP contribution in [0.25, 0.3) is 12.2 Å². The largest absolute Gasteiger partial charge is 0.507 e. The van der Waals surface area contributed by atoms with E-state index in [-0.39, 0.29) is 23.0 Å². The zero-order valence-corrected chi connectivity index (χ0v) is 20.0. The van der Waals surface area contributed by atoms with Gasteiger partial charge in [0.25, 0.3) is 0 Å². The number of aliphatic carboxylic acids is 1. The Balaban J connectivity index is 0.000000404. The minimum Gasteiger partial charge on any atom is -0.507 e. The van der Waals surface area contributed by atoms with Crippen LogP contribution in [-0.2, 0) is 14.3 Å². The topological polar surface area (TPSA) is 123 Å². The zero-order valence-electron chi connectivity index (χ0n) is 20.0. The number of carboxylic acid groups (broad SMARTS) is 1. The van der Waals surface area contributed by atoms with Gasteiger partial charge in [0.1, 0.15) is 18.9 Å². The summed E-state index contributed by atoms with van der Waals surface area (Å²) in [5.74, 6) is -0.893.